The van der Waals surface area contributed by atoms with Gasteiger partial charge in [-0.2, -0.15) is 5.26 Å². The number of hydrogen-bond donors (Lipinski definition) is 0. The molecule has 0 saturated heterocycles. The van der Waals surface area contributed by atoms with Crippen LogP contribution in [0.2, 0.25) is 0 Å². The molecule has 110 valence electrons. The van der Waals surface area contributed by atoms with E-state index in [0.29, 0.717) is 0 Å². The number of nitriles is 1. The third-order valence-electron chi connectivity index (χ3n) is 3.29. The zero-order chi connectivity index (χ0) is 15.7. The molecule has 4 nitrogen and oxygen atoms in total. The molecule has 1 aromatic carbocycles. The van der Waals surface area contributed by atoms with E-state index >= 15 is 0 Å². The van der Waals surface area contributed by atoms with Crippen LogP contribution in [0.5, 0.6) is 0 Å². The molecular formula is C14H12BrClN2O2S. The topological polar surface area (TPSA) is 70.3 Å². The van der Waals surface area contributed by atoms with Crippen LogP contribution in [-0.2, 0) is 9.84 Å². The summed E-state index contributed by atoms with van der Waals surface area (Å²) in [6.45, 7) is 1.66. The van der Waals surface area contributed by atoms with Gasteiger partial charge in [0.05, 0.1) is 20.7 Å². The Kier molecular flexibility index (Phi) is 4.57. The summed E-state index contributed by atoms with van der Waals surface area (Å²) in [5.41, 5.74) is 0.264. The summed E-state index contributed by atoms with van der Waals surface area (Å²) in [5.74, 6) is 0. The predicted molar refractivity (Wildman–Crippen MR) is 86.6 cm³/mol. The number of halogens is 2. The van der Waals surface area contributed by atoms with Crippen molar-refractivity contribution in [3.05, 3.63) is 42.1 Å². The summed E-state index contributed by atoms with van der Waals surface area (Å²) < 4.78 is 25.3. The summed E-state index contributed by atoms with van der Waals surface area (Å²) in [4.78, 5) is 2.67. The van der Waals surface area contributed by atoms with Crippen LogP contribution in [-0.4, -0.2) is 29.6 Å². The lowest BCUT2D eigenvalue weighted by molar-refractivity contribution is 0.589. The van der Waals surface area contributed by atoms with Crippen molar-refractivity contribution in [2.75, 3.05) is 0 Å². The lowest BCUT2D eigenvalue weighted by Gasteiger charge is -2.32. The fourth-order valence-electron chi connectivity index (χ4n) is 2.00. The molecule has 0 bridgehead atoms. The Labute approximate surface area is 137 Å². The van der Waals surface area contributed by atoms with Gasteiger partial charge in [0, 0.05) is 18.0 Å². The highest BCUT2D eigenvalue weighted by atomic mass is 79.9. The minimum absolute atomic E-state index is 0.0885. The van der Waals surface area contributed by atoms with Crippen molar-refractivity contribution in [2.45, 2.75) is 26.8 Å². The van der Waals surface area contributed by atoms with Crippen LogP contribution in [0.25, 0.3) is 0 Å². The third-order valence-corrected chi connectivity index (χ3v) is 7.07. The first-order chi connectivity index (χ1) is 9.81. The Morgan fingerprint density at radius 1 is 1.43 bits per heavy atom. The largest absolute Gasteiger partial charge is 0.268 e. The van der Waals surface area contributed by atoms with Gasteiger partial charge in [0.1, 0.15) is 0 Å². The van der Waals surface area contributed by atoms with E-state index < -0.39 is 20.0 Å². The normalized spacial score (nSPS) is 26.8. The zero-order valence-corrected chi connectivity index (χ0v) is 14.2. The molecule has 3 unspecified atom stereocenters. The maximum atomic E-state index is 12.7. The minimum Gasteiger partial charge on any atom is -0.268 e. The van der Waals surface area contributed by atoms with Gasteiger partial charge in [-0.3, -0.25) is 4.99 Å². The monoisotopic (exact) mass is 386 g/mol. The molecule has 0 spiro atoms. The summed E-state index contributed by atoms with van der Waals surface area (Å²) in [7, 11) is -3.85. The molecule has 2 rings (SSSR count). The smallest absolute Gasteiger partial charge is 0.198 e. The van der Waals surface area contributed by atoms with Crippen molar-refractivity contribution in [3.63, 3.8) is 0 Å². The van der Waals surface area contributed by atoms with Crippen LogP contribution in [0.1, 0.15) is 6.92 Å². The Morgan fingerprint density at radius 3 is 2.62 bits per heavy atom. The molecule has 7 heteroatoms. The molecule has 0 radical (unpaired) electrons. The number of aliphatic imine (C=N–C) groups is 1. The van der Waals surface area contributed by atoms with Gasteiger partial charge in [-0.05, 0) is 19.1 Å². The van der Waals surface area contributed by atoms with Gasteiger partial charge in [-0.15, -0.1) is 11.6 Å². The first-order valence-electron chi connectivity index (χ1n) is 6.07. The van der Waals surface area contributed by atoms with Crippen molar-refractivity contribution >= 4 is 43.6 Å². The zero-order valence-electron chi connectivity index (χ0n) is 11.1. The summed E-state index contributed by atoms with van der Waals surface area (Å²) in [6.07, 6.45) is 2.93. The molecule has 0 fully saturated rings. The van der Waals surface area contributed by atoms with Crippen molar-refractivity contribution in [1.29, 1.82) is 5.26 Å². The molecular weight excluding hydrogens is 376 g/mol. The van der Waals surface area contributed by atoms with E-state index in [9.17, 15) is 13.7 Å². The van der Waals surface area contributed by atoms with E-state index in [0.717, 1.165) is 0 Å². The average molecular weight is 388 g/mol. The maximum absolute atomic E-state index is 12.7. The van der Waals surface area contributed by atoms with Crippen LogP contribution < -0.4 is 0 Å². The Morgan fingerprint density at radius 2 is 2.05 bits per heavy atom. The van der Waals surface area contributed by atoms with Crippen LogP contribution in [0.15, 0.2) is 52.0 Å². The third kappa shape index (κ3) is 2.91. The van der Waals surface area contributed by atoms with Crippen molar-refractivity contribution in [1.82, 2.24) is 0 Å². The van der Waals surface area contributed by atoms with Gasteiger partial charge in [0.25, 0.3) is 0 Å². The van der Waals surface area contributed by atoms with Gasteiger partial charge in [0.2, 0.25) is 0 Å². The summed E-state index contributed by atoms with van der Waals surface area (Å²) in [5, 5.41) is 8.02. The highest BCUT2D eigenvalue weighted by Gasteiger charge is 2.44. The molecule has 0 saturated carbocycles. The van der Waals surface area contributed by atoms with Crippen molar-refractivity contribution < 1.29 is 8.42 Å². The fourth-order valence-corrected chi connectivity index (χ4v) is 4.27. The van der Waals surface area contributed by atoms with E-state index in [-0.39, 0.29) is 15.3 Å². The highest BCUT2D eigenvalue weighted by molar-refractivity contribution is 9.10. The Hall–Kier alpha value is -1.16. The number of hydrogen-bond acceptors (Lipinski definition) is 4. The van der Waals surface area contributed by atoms with Crippen LogP contribution in [0.4, 0.5) is 0 Å². The van der Waals surface area contributed by atoms with E-state index in [2.05, 4.69) is 20.9 Å². The lowest BCUT2D eigenvalue weighted by atomic mass is 9.93. The van der Waals surface area contributed by atoms with Crippen LogP contribution in [0, 0.1) is 11.3 Å². The first-order valence-corrected chi connectivity index (χ1v) is 8.91. The van der Waals surface area contributed by atoms with Crippen LogP contribution >= 0.6 is 27.5 Å². The second-order valence-electron chi connectivity index (χ2n) is 4.73. The molecule has 1 aliphatic rings. The molecule has 0 aliphatic carbocycles. The van der Waals surface area contributed by atoms with Gasteiger partial charge in [-0.1, -0.05) is 34.1 Å². The van der Waals surface area contributed by atoms with Crippen molar-refractivity contribution in [3.8, 4) is 6.07 Å². The predicted octanol–water partition coefficient (Wildman–Crippen LogP) is 3.08. The standard InChI is InChI=1S/C14H12BrClN2O2S/c1-14(16)11(8-18-9-13(14)15)12(7-17)21(19,20)10-5-3-2-4-6-10/h2-6,8-9,12-13H,1H3. The SMILES string of the molecule is CC1(Cl)C(C(C#N)S(=O)(=O)c2ccccc2)=CN=CC1Br. The summed E-state index contributed by atoms with van der Waals surface area (Å²) in [6, 6.07) is 9.71. The lowest BCUT2D eigenvalue weighted by Crippen LogP contribution is -2.41. The minimum atomic E-state index is -3.85. The molecule has 1 heterocycles. The Balaban J connectivity index is 2.54. The molecule has 1 aliphatic heterocycles. The number of sulfone groups is 1. The van der Waals surface area contributed by atoms with Gasteiger partial charge < -0.3 is 0 Å². The average Bonchev–Trinajstić information content (AvgIpc) is 2.45. The first kappa shape index (κ1) is 16.2. The molecule has 0 N–H and O–H groups in total. The molecule has 1 aromatic rings. The maximum Gasteiger partial charge on any atom is 0.198 e. The molecule has 0 amide bonds. The number of benzene rings is 1. The number of rotatable bonds is 3. The molecule has 21 heavy (non-hydrogen) atoms. The molecule has 0 aromatic heterocycles. The Bertz CT molecular complexity index is 736. The van der Waals surface area contributed by atoms with E-state index in [1.807, 2.05) is 6.07 Å². The van der Waals surface area contributed by atoms with Crippen LogP contribution in [0.3, 0.4) is 0 Å². The van der Waals surface area contributed by atoms with Gasteiger partial charge in [-0.25, -0.2) is 8.42 Å². The van der Waals surface area contributed by atoms with Gasteiger partial charge >= 0.3 is 0 Å². The second kappa shape index (κ2) is 5.91. The quantitative estimate of drug-likeness (QED) is 0.748. The number of nitrogens with zero attached hydrogens (tertiary/aromatic N) is 2. The highest BCUT2D eigenvalue weighted by Crippen LogP contribution is 2.39. The van der Waals surface area contributed by atoms with E-state index in [1.54, 1.807) is 31.3 Å². The fraction of sp³-hybridized carbons (Fsp3) is 0.286. The summed E-state index contributed by atoms with van der Waals surface area (Å²) >= 11 is 9.78. The van der Waals surface area contributed by atoms with E-state index in [4.69, 9.17) is 11.6 Å². The van der Waals surface area contributed by atoms with Gasteiger partial charge in [0.15, 0.2) is 15.1 Å². The second-order valence-corrected chi connectivity index (χ2v) is 8.53. The van der Waals surface area contributed by atoms with Crippen molar-refractivity contribution in [2.24, 2.45) is 4.99 Å². The number of alkyl halides is 2. The van der Waals surface area contributed by atoms with E-state index in [1.165, 1.54) is 18.3 Å². The molecule has 3 atom stereocenters.